The fourth-order valence-electron chi connectivity index (χ4n) is 4.03. The number of nitrogens with zero attached hydrogens (tertiary/aromatic N) is 1. The van der Waals surface area contributed by atoms with Crippen molar-refractivity contribution < 1.29 is 32.2 Å². The number of aromatic hydroxyl groups is 1. The first-order chi connectivity index (χ1) is 18.1. The number of halogens is 2. The topological polar surface area (TPSA) is 131 Å². The molecule has 0 radical (unpaired) electrons. The summed E-state index contributed by atoms with van der Waals surface area (Å²) in [6.07, 6.45) is 0.336. The second kappa shape index (κ2) is 17.3. The van der Waals surface area contributed by atoms with Crippen molar-refractivity contribution in [3.8, 4) is 11.5 Å². The standard InChI is InChI=1S/C27H40FN3O6S.ClH/c1-4-10-31(11-5-2)38(34,35)12-9-27(33)37-26(19-30-18-20-7-6-8-24(15-20)36-3)25(29)16-21-13-22(28)17-23(32)14-21;/h6-8,13-15,17,25-26,30,32H,4-5,9-12,16,18-19,29H2,1-3H3;1H/t25-,26+;/m0./s1. The molecule has 2 rings (SSSR count). The van der Waals surface area contributed by atoms with Crippen molar-refractivity contribution >= 4 is 28.4 Å². The Labute approximate surface area is 237 Å². The lowest BCUT2D eigenvalue weighted by molar-refractivity contribution is -0.149. The number of sulfonamides is 1. The van der Waals surface area contributed by atoms with Gasteiger partial charge in [-0.05, 0) is 54.7 Å². The Kier molecular flexibility index (Phi) is 15.3. The number of methoxy groups -OCH3 is 1. The molecule has 0 unspecified atom stereocenters. The summed E-state index contributed by atoms with van der Waals surface area (Å²) in [5, 5.41) is 12.9. The molecular weight excluding hydrogens is 549 g/mol. The van der Waals surface area contributed by atoms with Crippen LogP contribution in [0.4, 0.5) is 4.39 Å². The highest BCUT2D eigenvalue weighted by Crippen LogP contribution is 2.18. The van der Waals surface area contributed by atoms with E-state index in [4.69, 9.17) is 15.2 Å². The van der Waals surface area contributed by atoms with Gasteiger partial charge in [-0.25, -0.2) is 17.1 Å². The van der Waals surface area contributed by atoms with Crippen LogP contribution in [0.3, 0.4) is 0 Å². The van der Waals surface area contributed by atoms with E-state index in [-0.39, 0.29) is 43.3 Å². The smallest absolute Gasteiger partial charge is 0.307 e. The van der Waals surface area contributed by atoms with Crippen molar-refractivity contribution in [3.63, 3.8) is 0 Å². The SMILES string of the molecule is CCCN(CCC)S(=O)(=O)CCC(=O)O[C@H](CNCc1cccc(OC)c1)[C@@H](N)Cc1cc(O)cc(F)c1.Cl. The van der Waals surface area contributed by atoms with Crippen LogP contribution in [-0.4, -0.2) is 68.4 Å². The Balaban J connectivity index is 0.00000760. The van der Waals surface area contributed by atoms with Gasteiger partial charge in [-0.15, -0.1) is 12.4 Å². The molecule has 0 aliphatic rings. The van der Waals surface area contributed by atoms with E-state index in [2.05, 4.69) is 5.32 Å². The van der Waals surface area contributed by atoms with Crippen LogP contribution in [0.5, 0.6) is 11.5 Å². The van der Waals surface area contributed by atoms with Crippen molar-refractivity contribution in [1.29, 1.82) is 0 Å². The molecule has 39 heavy (non-hydrogen) atoms. The van der Waals surface area contributed by atoms with Crippen LogP contribution < -0.4 is 15.8 Å². The predicted octanol–water partition coefficient (Wildman–Crippen LogP) is 3.38. The summed E-state index contributed by atoms with van der Waals surface area (Å²) in [4.78, 5) is 12.7. The summed E-state index contributed by atoms with van der Waals surface area (Å²) in [6, 6.07) is 10.4. The first-order valence-corrected chi connectivity index (χ1v) is 14.4. The first-order valence-electron chi connectivity index (χ1n) is 12.8. The predicted molar refractivity (Wildman–Crippen MR) is 152 cm³/mol. The molecule has 220 valence electrons. The number of benzene rings is 2. The average molecular weight is 590 g/mol. The quantitative estimate of drug-likeness (QED) is 0.239. The van der Waals surface area contributed by atoms with Crippen LogP contribution in [0.2, 0.25) is 0 Å². The number of carbonyl (C=O) groups excluding carboxylic acids is 1. The molecule has 2 aromatic rings. The number of esters is 1. The third-order valence-corrected chi connectivity index (χ3v) is 7.76. The second-order valence-corrected chi connectivity index (χ2v) is 11.2. The van der Waals surface area contributed by atoms with Crippen molar-refractivity contribution in [3.05, 3.63) is 59.4 Å². The zero-order valence-corrected chi connectivity index (χ0v) is 24.4. The van der Waals surface area contributed by atoms with E-state index in [1.807, 2.05) is 38.1 Å². The molecule has 0 saturated heterocycles. The van der Waals surface area contributed by atoms with Gasteiger partial charge in [-0.3, -0.25) is 4.79 Å². The van der Waals surface area contributed by atoms with Crippen LogP contribution in [0.25, 0.3) is 0 Å². The minimum absolute atomic E-state index is 0. The number of phenolic OH excluding ortho intramolecular Hbond substituents is 1. The lowest BCUT2D eigenvalue weighted by Gasteiger charge is -2.25. The zero-order valence-electron chi connectivity index (χ0n) is 22.8. The molecule has 0 spiro atoms. The van der Waals surface area contributed by atoms with Crippen molar-refractivity contribution in [2.75, 3.05) is 32.5 Å². The van der Waals surface area contributed by atoms with Crippen LogP contribution >= 0.6 is 12.4 Å². The third kappa shape index (κ3) is 12.1. The van der Waals surface area contributed by atoms with Crippen LogP contribution in [0.15, 0.2) is 42.5 Å². The number of nitrogens with two attached hydrogens (primary N) is 1. The van der Waals surface area contributed by atoms with Crippen LogP contribution in [0.1, 0.15) is 44.2 Å². The van der Waals surface area contributed by atoms with Crippen molar-refractivity contribution in [2.45, 2.75) is 58.2 Å². The first kappa shape index (κ1) is 34.6. The fourth-order valence-corrected chi connectivity index (χ4v) is 5.64. The van der Waals surface area contributed by atoms with Crippen LogP contribution in [0, 0.1) is 5.82 Å². The molecular formula is C27H41ClFN3O6S. The highest BCUT2D eigenvalue weighted by Gasteiger charge is 2.26. The second-order valence-electron chi connectivity index (χ2n) is 9.16. The summed E-state index contributed by atoms with van der Waals surface area (Å²) in [5.41, 5.74) is 7.75. The lowest BCUT2D eigenvalue weighted by atomic mass is 10.0. The maximum Gasteiger partial charge on any atom is 0.307 e. The van der Waals surface area contributed by atoms with Crippen LogP contribution in [-0.2, 0) is 32.5 Å². The number of hydrogen-bond donors (Lipinski definition) is 3. The number of rotatable bonds is 17. The normalized spacial score (nSPS) is 13.0. The Hall–Kier alpha value is -2.44. The molecule has 2 atom stereocenters. The van der Waals surface area contributed by atoms with Gasteiger partial charge >= 0.3 is 5.97 Å². The summed E-state index contributed by atoms with van der Waals surface area (Å²) < 4.78 is 51.5. The number of ether oxygens (including phenoxy) is 2. The number of hydrogen-bond acceptors (Lipinski definition) is 8. The Morgan fingerprint density at radius 3 is 2.44 bits per heavy atom. The molecule has 0 bridgehead atoms. The third-order valence-electron chi connectivity index (χ3n) is 5.89. The van der Waals surface area contributed by atoms with Gasteiger partial charge in [0.1, 0.15) is 23.4 Å². The van der Waals surface area contributed by atoms with Gasteiger partial charge in [0.05, 0.1) is 19.3 Å². The van der Waals surface area contributed by atoms with E-state index < -0.39 is 34.0 Å². The monoisotopic (exact) mass is 589 g/mol. The molecule has 0 aliphatic carbocycles. The Bertz CT molecular complexity index is 1110. The highest BCUT2D eigenvalue weighted by atomic mass is 35.5. The average Bonchev–Trinajstić information content (AvgIpc) is 2.86. The van der Waals surface area contributed by atoms with E-state index in [0.717, 1.165) is 11.6 Å². The molecule has 0 fully saturated rings. The van der Waals surface area contributed by atoms with E-state index in [9.17, 15) is 22.7 Å². The summed E-state index contributed by atoms with van der Waals surface area (Å²) in [6.45, 7) is 5.21. The van der Waals surface area contributed by atoms with Gasteiger partial charge in [-0.2, -0.15) is 0 Å². The van der Waals surface area contributed by atoms with E-state index >= 15 is 0 Å². The van der Waals surface area contributed by atoms with E-state index in [1.165, 1.54) is 16.4 Å². The Morgan fingerprint density at radius 1 is 1.13 bits per heavy atom. The molecule has 0 aliphatic heterocycles. The van der Waals surface area contributed by atoms with Gasteiger partial charge in [0.25, 0.3) is 0 Å². The molecule has 0 amide bonds. The molecule has 4 N–H and O–H groups in total. The zero-order chi connectivity index (χ0) is 28.1. The number of carbonyl (C=O) groups is 1. The highest BCUT2D eigenvalue weighted by molar-refractivity contribution is 7.89. The fraction of sp³-hybridized carbons (Fsp3) is 0.519. The summed E-state index contributed by atoms with van der Waals surface area (Å²) in [7, 11) is -2.03. The molecule has 0 aromatic heterocycles. The Morgan fingerprint density at radius 2 is 1.82 bits per heavy atom. The molecule has 0 heterocycles. The van der Waals surface area contributed by atoms with E-state index in [1.54, 1.807) is 7.11 Å². The minimum Gasteiger partial charge on any atom is -0.508 e. The molecule has 9 nitrogen and oxygen atoms in total. The van der Waals surface area contributed by atoms with Crippen molar-refractivity contribution in [2.24, 2.45) is 5.73 Å². The number of nitrogens with one attached hydrogen (secondary N) is 1. The van der Waals surface area contributed by atoms with Crippen molar-refractivity contribution in [1.82, 2.24) is 9.62 Å². The largest absolute Gasteiger partial charge is 0.508 e. The lowest BCUT2D eigenvalue weighted by Crippen LogP contribution is -2.46. The number of phenols is 1. The molecule has 2 aromatic carbocycles. The van der Waals surface area contributed by atoms with Gasteiger partial charge in [0.2, 0.25) is 10.0 Å². The minimum atomic E-state index is -3.61. The van der Waals surface area contributed by atoms with Gasteiger partial charge in [0, 0.05) is 38.3 Å². The van der Waals surface area contributed by atoms with E-state index in [0.29, 0.717) is 43.8 Å². The molecule has 12 heteroatoms. The molecule has 0 saturated carbocycles. The summed E-state index contributed by atoms with van der Waals surface area (Å²) >= 11 is 0. The summed E-state index contributed by atoms with van der Waals surface area (Å²) in [5.74, 6) is -1.18. The maximum atomic E-state index is 13.8. The van der Waals surface area contributed by atoms with Gasteiger partial charge < -0.3 is 25.6 Å². The maximum absolute atomic E-state index is 13.8. The van der Waals surface area contributed by atoms with Gasteiger partial charge in [0.15, 0.2) is 0 Å². The van der Waals surface area contributed by atoms with Gasteiger partial charge in [-0.1, -0.05) is 26.0 Å².